The largest absolute Gasteiger partial charge is 0.339 e. The summed E-state index contributed by atoms with van der Waals surface area (Å²) in [5, 5.41) is 0. The van der Waals surface area contributed by atoms with Crippen molar-refractivity contribution in [3.63, 3.8) is 0 Å². The summed E-state index contributed by atoms with van der Waals surface area (Å²) >= 11 is 0. The second-order valence-electron chi connectivity index (χ2n) is 9.52. The summed E-state index contributed by atoms with van der Waals surface area (Å²) in [4.78, 5) is 32.3. The van der Waals surface area contributed by atoms with Crippen molar-refractivity contribution in [3.05, 3.63) is 59.2 Å². The van der Waals surface area contributed by atoms with E-state index >= 15 is 0 Å². The molecule has 5 nitrogen and oxygen atoms in total. The zero-order valence-corrected chi connectivity index (χ0v) is 19.1. The molecule has 0 unspecified atom stereocenters. The number of carbonyl (C=O) groups is 2. The molecule has 32 heavy (non-hydrogen) atoms. The van der Waals surface area contributed by atoms with Crippen LogP contribution in [0.1, 0.15) is 58.9 Å². The summed E-state index contributed by atoms with van der Waals surface area (Å²) in [6.45, 7) is 7.74. The number of fused-ring (bicyclic) bond motifs is 1. The maximum Gasteiger partial charge on any atom is 0.254 e. The van der Waals surface area contributed by atoms with Gasteiger partial charge in [-0.25, -0.2) is 0 Å². The van der Waals surface area contributed by atoms with Crippen LogP contribution in [0.4, 0.5) is 0 Å². The van der Waals surface area contributed by atoms with Crippen LogP contribution in [-0.4, -0.2) is 71.8 Å². The average molecular weight is 432 g/mol. The highest BCUT2D eigenvalue weighted by Gasteiger charge is 2.27. The van der Waals surface area contributed by atoms with Crippen molar-refractivity contribution in [3.8, 4) is 11.1 Å². The molecule has 0 bridgehead atoms. The van der Waals surface area contributed by atoms with Crippen molar-refractivity contribution >= 4 is 11.8 Å². The van der Waals surface area contributed by atoms with E-state index in [9.17, 15) is 9.59 Å². The Kier molecular flexibility index (Phi) is 6.01. The zero-order chi connectivity index (χ0) is 22.1. The van der Waals surface area contributed by atoms with Crippen molar-refractivity contribution in [1.29, 1.82) is 0 Å². The Labute approximate surface area is 191 Å². The van der Waals surface area contributed by atoms with Crippen molar-refractivity contribution in [1.82, 2.24) is 14.7 Å². The standard InChI is InChI=1S/C27H33N3O2/c1-20-5-4-15-28(20)17-18-30-16-12-22-8-11-24(19-25(22)27(30)32)21-6-9-23(10-7-21)26(31)29-13-2-3-14-29/h6-11,19-20H,2-5,12-18H2,1H3/t20-/m1/s1. The molecule has 0 aromatic heterocycles. The smallest absolute Gasteiger partial charge is 0.254 e. The predicted molar refractivity (Wildman–Crippen MR) is 127 cm³/mol. The second kappa shape index (κ2) is 9.07. The summed E-state index contributed by atoms with van der Waals surface area (Å²) in [6, 6.07) is 14.7. The van der Waals surface area contributed by atoms with E-state index in [2.05, 4.69) is 24.0 Å². The van der Waals surface area contributed by atoms with Gasteiger partial charge in [0.15, 0.2) is 0 Å². The van der Waals surface area contributed by atoms with Crippen LogP contribution in [0.15, 0.2) is 42.5 Å². The topological polar surface area (TPSA) is 43.9 Å². The van der Waals surface area contributed by atoms with Crippen molar-refractivity contribution in [2.24, 2.45) is 0 Å². The number of hydrogen-bond donors (Lipinski definition) is 0. The first-order valence-electron chi connectivity index (χ1n) is 12.2. The molecule has 0 spiro atoms. The Hall–Kier alpha value is -2.66. The van der Waals surface area contributed by atoms with Crippen molar-refractivity contribution in [2.75, 3.05) is 39.3 Å². The number of amides is 2. The zero-order valence-electron chi connectivity index (χ0n) is 19.1. The Balaban J connectivity index is 1.29. The van der Waals surface area contributed by atoms with Crippen LogP contribution in [0.3, 0.4) is 0 Å². The van der Waals surface area contributed by atoms with Gasteiger partial charge in [-0.1, -0.05) is 24.3 Å². The van der Waals surface area contributed by atoms with E-state index in [4.69, 9.17) is 0 Å². The van der Waals surface area contributed by atoms with Gasteiger partial charge < -0.3 is 9.80 Å². The molecule has 2 fully saturated rings. The van der Waals surface area contributed by atoms with Gasteiger partial charge in [0.2, 0.25) is 0 Å². The van der Waals surface area contributed by atoms with Gasteiger partial charge in [-0.15, -0.1) is 0 Å². The molecule has 2 aromatic carbocycles. The van der Waals surface area contributed by atoms with E-state index in [1.165, 1.54) is 12.8 Å². The van der Waals surface area contributed by atoms with Crippen LogP contribution in [0, 0.1) is 0 Å². The Morgan fingerprint density at radius 3 is 2.38 bits per heavy atom. The molecule has 0 N–H and O–H groups in total. The molecule has 3 aliphatic heterocycles. The number of carbonyl (C=O) groups excluding carboxylic acids is 2. The maximum absolute atomic E-state index is 13.2. The number of hydrogen-bond acceptors (Lipinski definition) is 3. The highest BCUT2D eigenvalue weighted by atomic mass is 16.2. The Morgan fingerprint density at radius 2 is 1.66 bits per heavy atom. The van der Waals surface area contributed by atoms with Gasteiger partial charge in [-0.05, 0) is 80.5 Å². The van der Waals surface area contributed by atoms with E-state index in [1.807, 2.05) is 40.1 Å². The number of benzene rings is 2. The van der Waals surface area contributed by atoms with Crippen LogP contribution < -0.4 is 0 Å². The molecule has 5 rings (SSSR count). The third-order valence-electron chi connectivity index (χ3n) is 7.48. The molecule has 2 saturated heterocycles. The quantitative estimate of drug-likeness (QED) is 0.717. The van der Waals surface area contributed by atoms with Crippen LogP contribution in [0.25, 0.3) is 11.1 Å². The normalized spacial score (nSPS) is 21.3. The van der Waals surface area contributed by atoms with Gasteiger partial charge in [0, 0.05) is 49.9 Å². The van der Waals surface area contributed by atoms with Crippen LogP contribution >= 0.6 is 0 Å². The van der Waals surface area contributed by atoms with Crippen molar-refractivity contribution < 1.29 is 9.59 Å². The monoisotopic (exact) mass is 431 g/mol. The van der Waals surface area contributed by atoms with Gasteiger partial charge in [0.1, 0.15) is 0 Å². The molecule has 5 heteroatoms. The minimum atomic E-state index is 0.123. The first kappa shape index (κ1) is 21.2. The summed E-state index contributed by atoms with van der Waals surface area (Å²) in [5.74, 6) is 0.276. The fourth-order valence-corrected chi connectivity index (χ4v) is 5.40. The lowest BCUT2D eigenvalue weighted by atomic mass is 9.94. The first-order valence-corrected chi connectivity index (χ1v) is 12.2. The van der Waals surface area contributed by atoms with Gasteiger partial charge in [0.05, 0.1) is 0 Å². The van der Waals surface area contributed by atoms with E-state index in [0.29, 0.717) is 6.04 Å². The fourth-order valence-electron chi connectivity index (χ4n) is 5.40. The lowest BCUT2D eigenvalue weighted by molar-refractivity contribution is 0.0716. The minimum absolute atomic E-state index is 0.123. The van der Waals surface area contributed by atoms with E-state index in [-0.39, 0.29) is 11.8 Å². The van der Waals surface area contributed by atoms with Gasteiger partial charge >= 0.3 is 0 Å². The van der Waals surface area contributed by atoms with Crippen LogP contribution in [0.2, 0.25) is 0 Å². The second-order valence-corrected chi connectivity index (χ2v) is 9.52. The van der Waals surface area contributed by atoms with Crippen molar-refractivity contribution in [2.45, 2.75) is 45.1 Å². The number of rotatable bonds is 5. The summed E-state index contributed by atoms with van der Waals surface area (Å²) in [6.07, 6.45) is 5.65. The molecule has 168 valence electrons. The molecular weight excluding hydrogens is 398 g/mol. The Morgan fingerprint density at radius 1 is 0.906 bits per heavy atom. The summed E-state index contributed by atoms with van der Waals surface area (Å²) in [7, 11) is 0. The fraction of sp³-hybridized carbons (Fsp3) is 0.481. The molecule has 0 radical (unpaired) electrons. The summed E-state index contributed by atoms with van der Waals surface area (Å²) < 4.78 is 0. The highest BCUT2D eigenvalue weighted by molar-refractivity contribution is 5.98. The van der Waals surface area contributed by atoms with Gasteiger partial charge in [-0.2, -0.15) is 0 Å². The molecule has 2 aromatic rings. The van der Waals surface area contributed by atoms with E-state index in [0.717, 1.165) is 86.3 Å². The minimum Gasteiger partial charge on any atom is -0.339 e. The molecule has 3 aliphatic rings. The lowest BCUT2D eigenvalue weighted by Crippen LogP contribution is -2.43. The predicted octanol–water partition coefficient (Wildman–Crippen LogP) is 4.07. The molecule has 3 heterocycles. The van der Waals surface area contributed by atoms with Crippen LogP contribution in [-0.2, 0) is 6.42 Å². The molecule has 1 atom stereocenters. The van der Waals surface area contributed by atoms with Gasteiger partial charge in [-0.3, -0.25) is 14.5 Å². The molecule has 2 amide bonds. The Bertz CT molecular complexity index is 994. The summed E-state index contributed by atoms with van der Waals surface area (Å²) in [5.41, 5.74) is 4.80. The lowest BCUT2D eigenvalue weighted by Gasteiger charge is -2.31. The third kappa shape index (κ3) is 4.18. The average Bonchev–Trinajstić information content (AvgIpc) is 3.50. The van der Waals surface area contributed by atoms with Crippen LogP contribution in [0.5, 0.6) is 0 Å². The molecule has 0 aliphatic carbocycles. The third-order valence-corrected chi connectivity index (χ3v) is 7.48. The maximum atomic E-state index is 13.2. The van der Waals surface area contributed by atoms with Gasteiger partial charge in [0.25, 0.3) is 11.8 Å². The van der Waals surface area contributed by atoms with E-state index in [1.54, 1.807) is 0 Å². The van der Waals surface area contributed by atoms with E-state index < -0.39 is 0 Å². The molecule has 0 saturated carbocycles. The highest BCUT2D eigenvalue weighted by Crippen LogP contribution is 2.27. The number of nitrogens with zero attached hydrogens (tertiary/aromatic N) is 3. The number of likely N-dealkylation sites (tertiary alicyclic amines) is 2. The first-order chi connectivity index (χ1) is 15.6. The SMILES string of the molecule is C[C@@H]1CCCN1CCN1CCc2ccc(-c3ccc(C(=O)N4CCCC4)cc3)cc2C1=O. The molecular formula is C27H33N3O2.